The lowest BCUT2D eigenvalue weighted by Crippen LogP contribution is -2.68. The number of aliphatic hydroxyl groups excluding tert-OH is 2. The molecule has 0 spiro atoms. The van der Waals surface area contributed by atoms with Crippen molar-refractivity contribution in [2.24, 2.45) is 0 Å². The average Bonchev–Trinajstić information content (AvgIpc) is 2.85. The molecule has 254 valence electrons. The topological polar surface area (TPSA) is 301 Å². The van der Waals surface area contributed by atoms with Gasteiger partial charge >= 0.3 is 20.8 Å². The van der Waals surface area contributed by atoms with Crippen molar-refractivity contribution in [1.29, 1.82) is 0 Å². The normalized spacial score (nSPS) is 34.3. The number of carbonyl (C=O) groups excluding carboxylic acids is 1. The van der Waals surface area contributed by atoms with Gasteiger partial charge in [0.2, 0.25) is 10.0 Å². The molecule has 0 aromatic rings. The van der Waals surface area contributed by atoms with Gasteiger partial charge in [-0.05, 0) is 13.8 Å². The Morgan fingerprint density at radius 3 is 2.00 bits per heavy atom. The molecule has 7 N–H and O–H groups in total. The van der Waals surface area contributed by atoms with Crippen LogP contribution in [0.15, 0.2) is 0 Å². The van der Waals surface area contributed by atoms with Crippen LogP contribution >= 0.6 is 0 Å². The van der Waals surface area contributed by atoms with Crippen molar-refractivity contribution < 1.29 is 81.4 Å². The van der Waals surface area contributed by atoms with Crippen molar-refractivity contribution >= 4 is 36.7 Å². The fourth-order valence-corrected chi connectivity index (χ4v) is 5.74. The highest BCUT2D eigenvalue weighted by Gasteiger charge is 2.55. The van der Waals surface area contributed by atoms with Crippen LogP contribution in [0.25, 0.3) is 0 Å². The molecule has 10 atom stereocenters. The average molecular weight is 692 g/mol. The molecule has 0 aromatic carbocycles. The van der Waals surface area contributed by atoms with Crippen molar-refractivity contribution in [2.45, 2.75) is 81.2 Å². The van der Waals surface area contributed by atoms with Gasteiger partial charge in [-0.1, -0.05) is 0 Å². The Labute approximate surface area is 248 Å². The number of methoxy groups -OCH3 is 2. The lowest BCUT2D eigenvalue weighted by Gasteiger charge is -2.47. The number of sulfonamides is 1. The van der Waals surface area contributed by atoms with Crippen LogP contribution in [0.2, 0.25) is 0 Å². The summed E-state index contributed by atoms with van der Waals surface area (Å²) in [6.07, 6.45) is -16.4. The summed E-state index contributed by atoms with van der Waals surface area (Å²) in [5, 5.41) is 27.4. The number of carbonyl (C=O) groups is 1. The summed E-state index contributed by atoms with van der Waals surface area (Å²) < 4.78 is 126. The summed E-state index contributed by atoms with van der Waals surface area (Å²) in [7, 11) is -12.4. The number of rotatable bonds is 15. The molecule has 0 aromatic heterocycles. The summed E-state index contributed by atoms with van der Waals surface area (Å²) >= 11 is 0. The minimum absolute atomic E-state index is 0.0564. The van der Waals surface area contributed by atoms with Gasteiger partial charge in [0.25, 0.3) is 5.91 Å². The van der Waals surface area contributed by atoms with E-state index >= 15 is 0 Å². The third-order valence-electron chi connectivity index (χ3n) is 5.98. The van der Waals surface area contributed by atoms with E-state index < -0.39 is 105 Å². The maximum atomic E-state index is 12.9. The van der Waals surface area contributed by atoms with Crippen LogP contribution in [-0.4, -0.2) is 152 Å². The van der Waals surface area contributed by atoms with Gasteiger partial charge in [-0.2, -0.15) is 16.8 Å². The molecule has 2 aliphatic heterocycles. The predicted molar refractivity (Wildman–Crippen MR) is 139 cm³/mol. The van der Waals surface area contributed by atoms with Gasteiger partial charge in [0.15, 0.2) is 24.8 Å². The van der Waals surface area contributed by atoms with Gasteiger partial charge in [-0.25, -0.2) is 21.5 Å². The van der Waals surface area contributed by atoms with E-state index in [0.717, 1.165) is 20.5 Å². The van der Waals surface area contributed by atoms with Gasteiger partial charge in [0.1, 0.15) is 36.6 Å². The highest BCUT2D eigenvalue weighted by molar-refractivity contribution is 7.88. The molecule has 0 saturated carbocycles. The number of hydrogen-bond acceptors (Lipinski definition) is 17. The molecular weight excluding hydrogens is 654 g/mol. The Hall–Kier alpha value is -1.20. The lowest BCUT2D eigenvalue weighted by atomic mass is 9.95. The molecule has 24 heteroatoms. The van der Waals surface area contributed by atoms with E-state index in [0.29, 0.717) is 0 Å². The quantitative estimate of drug-likeness (QED) is 0.0626. The summed E-state index contributed by atoms with van der Waals surface area (Å²) in [6.45, 7) is 2.40. The number of hydrogen-bond donors (Lipinski definition) is 7. The first-order valence-corrected chi connectivity index (χ1v) is 16.9. The Morgan fingerprint density at radius 2 is 1.51 bits per heavy atom. The molecule has 2 heterocycles. The Kier molecular flexibility index (Phi) is 13.6. The van der Waals surface area contributed by atoms with E-state index in [-0.39, 0.29) is 12.7 Å². The minimum atomic E-state index is -5.36. The lowest BCUT2D eigenvalue weighted by molar-refractivity contribution is -0.338. The smallest absolute Gasteiger partial charge is 0.388 e. The number of ether oxygens (including phenoxy) is 5. The Morgan fingerprint density at radius 1 is 0.884 bits per heavy atom. The SMILES string of the molecule is CO[C@@H]1C(C(=O)NCNC(C)C)O[C@@H](O[C@H]2C(COS(=O)(=O)O)O[C@H](OC)[C@@H](NS(C)(=O)=O)C2O)[C@@H](OS(=O)(=O)O)C1O. The van der Waals surface area contributed by atoms with Crippen LogP contribution in [0.5, 0.6) is 0 Å². The second-order valence-electron chi connectivity index (χ2n) is 9.68. The van der Waals surface area contributed by atoms with E-state index in [2.05, 4.69) is 19.0 Å². The number of amides is 1. The zero-order chi connectivity index (χ0) is 32.9. The van der Waals surface area contributed by atoms with Gasteiger partial charge in [-0.15, -0.1) is 0 Å². The maximum absolute atomic E-state index is 12.9. The third-order valence-corrected chi connectivity index (χ3v) is 7.58. The first-order valence-electron chi connectivity index (χ1n) is 12.3. The zero-order valence-corrected chi connectivity index (χ0v) is 25.9. The van der Waals surface area contributed by atoms with Crippen LogP contribution < -0.4 is 15.4 Å². The third kappa shape index (κ3) is 11.6. The van der Waals surface area contributed by atoms with Gasteiger partial charge in [-0.3, -0.25) is 19.2 Å². The van der Waals surface area contributed by atoms with Crippen molar-refractivity contribution in [2.75, 3.05) is 33.8 Å². The summed E-state index contributed by atoms with van der Waals surface area (Å²) in [6, 6.07) is -1.71. The summed E-state index contributed by atoms with van der Waals surface area (Å²) in [5.41, 5.74) is 0. The molecule has 2 saturated heterocycles. The van der Waals surface area contributed by atoms with E-state index in [4.69, 9.17) is 28.2 Å². The van der Waals surface area contributed by atoms with E-state index in [1.54, 1.807) is 13.8 Å². The van der Waals surface area contributed by atoms with Crippen molar-refractivity contribution in [3.05, 3.63) is 0 Å². The summed E-state index contributed by atoms with van der Waals surface area (Å²) in [4.78, 5) is 12.9. The van der Waals surface area contributed by atoms with Gasteiger partial charge < -0.3 is 39.2 Å². The highest BCUT2D eigenvalue weighted by Crippen LogP contribution is 2.32. The van der Waals surface area contributed by atoms with Crippen LogP contribution in [0.3, 0.4) is 0 Å². The predicted octanol–water partition coefficient (Wildman–Crippen LogP) is -4.80. The van der Waals surface area contributed by atoms with E-state index in [1.165, 1.54) is 0 Å². The van der Waals surface area contributed by atoms with Crippen LogP contribution in [-0.2, 0) is 67.7 Å². The molecule has 0 radical (unpaired) electrons. The van der Waals surface area contributed by atoms with Crippen molar-refractivity contribution in [3.8, 4) is 0 Å². The van der Waals surface area contributed by atoms with Crippen LogP contribution in [0.4, 0.5) is 0 Å². The molecule has 2 fully saturated rings. The molecule has 43 heavy (non-hydrogen) atoms. The Balaban J connectivity index is 2.52. The van der Waals surface area contributed by atoms with Crippen molar-refractivity contribution in [3.63, 3.8) is 0 Å². The molecule has 1 amide bonds. The summed E-state index contributed by atoms with van der Waals surface area (Å²) in [5.74, 6) is -0.902. The number of nitrogens with one attached hydrogen (secondary N) is 3. The second kappa shape index (κ2) is 15.4. The maximum Gasteiger partial charge on any atom is 0.397 e. The van der Waals surface area contributed by atoms with E-state index in [9.17, 15) is 44.8 Å². The molecule has 0 bridgehead atoms. The second-order valence-corrected chi connectivity index (χ2v) is 13.6. The first kappa shape index (κ1) is 38.0. The standard InChI is InChI=1S/C19H37N3O18S3/c1-8(2)20-7-21-17(25)16-14(34-3)12(24)15(40-43(31,32)33)19(39-16)38-13-9(6-36-42(28,29)30)37-18(35-4)10(11(13)23)22-41(5,26)27/h8-16,18-20,22-24H,6-7H2,1-5H3,(H,21,25)(H,28,29,30)(H,31,32,33)/t9?,10-,11?,12?,13-,14-,15-,16?,18-,19+/m0/s1. The van der Waals surface area contributed by atoms with Crippen LogP contribution in [0.1, 0.15) is 13.8 Å². The van der Waals surface area contributed by atoms with E-state index in [1.807, 2.05) is 4.72 Å². The molecule has 2 rings (SSSR count). The molecule has 0 aliphatic carbocycles. The largest absolute Gasteiger partial charge is 0.397 e. The van der Waals surface area contributed by atoms with Gasteiger partial charge in [0, 0.05) is 20.3 Å². The molecule has 21 nitrogen and oxygen atoms in total. The van der Waals surface area contributed by atoms with Crippen LogP contribution in [0, 0.1) is 0 Å². The first-order chi connectivity index (χ1) is 19.7. The molecular formula is C19H37N3O18S3. The number of aliphatic hydroxyl groups is 2. The van der Waals surface area contributed by atoms with Crippen molar-refractivity contribution in [1.82, 2.24) is 15.4 Å². The fourth-order valence-electron chi connectivity index (χ4n) is 4.20. The highest BCUT2D eigenvalue weighted by atomic mass is 32.3. The fraction of sp³-hybridized carbons (Fsp3) is 0.947. The van der Waals surface area contributed by atoms with Gasteiger partial charge in [0.05, 0.1) is 19.5 Å². The minimum Gasteiger partial charge on any atom is -0.388 e. The zero-order valence-electron chi connectivity index (χ0n) is 23.5. The molecule has 4 unspecified atom stereocenters. The molecule has 2 aliphatic rings. The Bertz CT molecular complexity index is 1250. The monoisotopic (exact) mass is 691 g/mol.